The summed E-state index contributed by atoms with van der Waals surface area (Å²) in [6, 6.07) is 7.53. The van der Waals surface area contributed by atoms with Crippen LogP contribution in [0.2, 0.25) is 0 Å². The zero-order chi connectivity index (χ0) is 13.0. The van der Waals surface area contributed by atoms with Gasteiger partial charge in [-0.3, -0.25) is 4.79 Å². The number of hydrogen-bond donors (Lipinski definition) is 2. The highest BCUT2D eigenvalue weighted by molar-refractivity contribution is 8.00. The molecule has 1 aromatic rings. The van der Waals surface area contributed by atoms with Crippen molar-refractivity contribution in [3.8, 4) is 0 Å². The van der Waals surface area contributed by atoms with E-state index in [0.29, 0.717) is 12.1 Å². The molecule has 98 valence electrons. The lowest BCUT2D eigenvalue weighted by atomic mass is 10.1. The van der Waals surface area contributed by atoms with Crippen LogP contribution in [-0.2, 0) is 11.2 Å². The van der Waals surface area contributed by atoms with Gasteiger partial charge in [-0.15, -0.1) is 0 Å². The molecule has 1 saturated heterocycles. The Kier molecular flexibility index (Phi) is 4.17. The third-order valence-corrected chi connectivity index (χ3v) is 4.90. The van der Waals surface area contributed by atoms with Crippen molar-refractivity contribution in [3.63, 3.8) is 0 Å². The molecule has 0 bridgehead atoms. The van der Waals surface area contributed by atoms with Gasteiger partial charge in [-0.05, 0) is 37.1 Å². The molecule has 18 heavy (non-hydrogen) atoms. The van der Waals surface area contributed by atoms with Gasteiger partial charge in [-0.1, -0.05) is 18.2 Å². The summed E-state index contributed by atoms with van der Waals surface area (Å²) in [6.45, 7) is 2.98. The summed E-state index contributed by atoms with van der Waals surface area (Å²) in [5.74, 6) is 1.26. The molecular weight excluding hydrogens is 244 g/mol. The number of carbonyl (C=O) groups excluding carboxylic acids is 1. The van der Waals surface area contributed by atoms with Crippen molar-refractivity contribution >= 4 is 23.4 Å². The maximum Gasteiger partial charge on any atom is 0.224 e. The van der Waals surface area contributed by atoms with Gasteiger partial charge in [0.2, 0.25) is 5.91 Å². The Hall–Kier alpha value is -1.16. The first kappa shape index (κ1) is 13.3. The van der Waals surface area contributed by atoms with Crippen LogP contribution >= 0.6 is 11.8 Å². The van der Waals surface area contributed by atoms with E-state index in [-0.39, 0.29) is 10.7 Å². The highest BCUT2D eigenvalue weighted by Gasteiger charge is 2.29. The van der Waals surface area contributed by atoms with Crippen LogP contribution in [0.3, 0.4) is 0 Å². The molecule has 3 nitrogen and oxygen atoms in total. The van der Waals surface area contributed by atoms with Gasteiger partial charge in [0.05, 0.1) is 6.42 Å². The van der Waals surface area contributed by atoms with Crippen molar-refractivity contribution < 1.29 is 4.79 Å². The van der Waals surface area contributed by atoms with Gasteiger partial charge in [0.1, 0.15) is 0 Å². The number of anilines is 1. The van der Waals surface area contributed by atoms with Gasteiger partial charge in [0, 0.05) is 17.0 Å². The summed E-state index contributed by atoms with van der Waals surface area (Å²) in [6.07, 6.45) is 2.81. The smallest absolute Gasteiger partial charge is 0.224 e. The fourth-order valence-corrected chi connectivity index (χ4v) is 3.44. The van der Waals surface area contributed by atoms with E-state index in [9.17, 15) is 4.79 Å². The predicted octanol–water partition coefficient (Wildman–Crippen LogP) is 2.21. The largest absolute Gasteiger partial charge is 0.398 e. The molecule has 1 atom stereocenters. The zero-order valence-electron chi connectivity index (χ0n) is 10.7. The number of thioether (sulfide) groups is 1. The average molecular weight is 264 g/mol. The third-order valence-electron chi connectivity index (χ3n) is 3.37. The Labute approximate surface area is 113 Å². The lowest BCUT2D eigenvalue weighted by Crippen LogP contribution is -2.37. The van der Waals surface area contributed by atoms with E-state index in [1.54, 1.807) is 0 Å². The van der Waals surface area contributed by atoms with E-state index >= 15 is 0 Å². The first-order valence-electron chi connectivity index (χ1n) is 6.33. The van der Waals surface area contributed by atoms with Crippen molar-refractivity contribution in [1.82, 2.24) is 5.32 Å². The van der Waals surface area contributed by atoms with Gasteiger partial charge in [0.15, 0.2) is 0 Å². The predicted molar refractivity (Wildman–Crippen MR) is 77.7 cm³/mol. The molecule has 0 aliphatic carbocycles. The molecule has 1 aliphatic heterocycles. The summed E-state index contributed by atoms with van der Waals surface area (Å²) in [7, 11) is 0. The van der Waals surface area contributed by atoms with E-state index in [2.05, 4.69) is 12.2 Å². The molecule has 1 aromatic carbocycles. The van der Waals surface area contributed by atoms with Gasteiger partial charge < -0.3 is 11.1 Å². The second kappa shape index (κ2) is 5.65. The number of carbonyl (C=O) groups is 1. The quantitative estimate of drug-likeness (QED) is 0.820. The van der Waals surface area contributed by atoms with Crippen molar-refractivity contribution in [2.75, 3.05) is 18.0 Å². The van der Waals surface area contributed by atoms with Gasteiger partial charge in [-0.2, -0.15) is 11.8 Å². The molecule has 1 aliphatic rings. The molecule has 1 heterocycles. The van der Waals surface area contributed by atoms with Crippen LogP contribution in [0.4, 0.5) is 5.69 Å². The molecule has 2 rings (SSSR count). The Morgan fingerprint density at radius 2 is 2.28 bits per heavy atom. The SMILES string of the molecule is CC1(CNC(=O)Cc2ccccc2N)CCCS1. The van der Waals surface area contributed by atoms with E-state index in [4.69, 9.17) is 5.73 Å². The van der Waals surface area contributed by atoms with Crippen LogP contribution in [0.15, 0.2) is 24.3 Å². The number of para-hydroxylation sites is 1. The minimum Gasteiger partial charge on any atom is -0.398 e. The fraction of sp³-hybridized carbons (Fsp3) is 0.500. The lowest BCUT2D eigenvalue weighted by Gasteiger charge is -2.22. The number of benzene rings is 1. The van der Waals surface area contributed by atoms with Crippen molar-refractivity contribution in [3.05, 3.63) is 29.8 Å². The molecule has 1 amide bonds. The van der Waals surface area contributed by atoms with Gasteiger partial charge in [-0.25, -0.2) is 0 Å². The molecule has 0 aromatic heterocycles. The normalized spacial score (nSPS) is 22.9. The van der Waals surface area contributed by atoms with Crippen LogP contribution in [0.25, 0.3) is 0 Å². The molecule has 1 fully saturated rings. The van der Waals surface area contributed by atoms with E-state index in [0.717, 1.165) is 12.1 Å². The Balaban J connectivity index is 1.84. The first-order chi connectivity index (χ1) is 8.59. The third kappa shape index (κ3) is 3.42. The molecule has 0 spiro atoms. The monoisotopic (exact) mass is 264 g/mol. The molecular formula is C14H20N2OS. The highest BCUT2D eigenvalue weighted by atomic mass is 32.2. The van der Waals surface area contributed by atoms with Crippen molar-refractivity contribution in [2.45, 2.75) is 30.9 Å². The highest BCUT2D eigenvalue weighted by Crippen LogP contribution is 2.36. The average Bonchev–Trinajstić information content (AvgIpc) is 2.77. The van der Waals surface area contributed by atoms with Crippen LogP contribution in [0.5, 0.6) is 0 Å². The zero-order valence-corrected chi connectivity index (χ0v) is 11.6. The standard InChI is InChI=1S/C14H20N2OS/c1-14(7-4-8-18-14)10-16-13(17)9-11-5-2-3-6-12(11)15/h2-3,5-6H,4,7-10,15H2,1H3,(H,16,17). The topological polar surface area (TPSA) is 55.1 Å². The number of hydrogen-bond acceptors (Lipinski definition) is 3. The summed E-state index contributed by atoms with van der Waals surface area (Å²) in [5.41, 5.74) is 7.42. The van der Waals surface area contributed by atoms with Crippen LogP contribution in [0.1, 0.15) is 25.3 Å². The molecule has 4 heteroatoms. The maximum atomic E-state index is 11.9. The summed E-state index contributed by atoms with van der Waals surface area (Å²) in [5, 5.41) is 3.03. The molecule has 0 radical (unpaired) electrons. The number of nitrogens with one attached hydrogen (secondary N) is 1. The van der Waals surface area contributed by atoms with E-state index < -0.39 is 0 Å². The Morgan fingerprint density at radius 3 is 2.94 bits per heavy atom. The molecule has 0 saturated carbocycles. The Morgan fingerprint density at radius 1 is 1.50 bits per heavy atom. The first-order valence-corrected chi connectivity index (χ1v) is 7.32. The Bertz CT molecular complexity index is 428. The van der Waals surface area contributed by atoms with E-state index in [1.165, 1.54) is 18.6 Å². The van der Waals surface area contributed by atoms with Crippen LogP contribution in [-0.4, -0.2) is 23.0 Å². The number of nitrogens with two attached hydrogens (primary N) is 1. The van der Waals surface area contributed by atoms with Gasteiger partial charge >= 0.3 is 0 Å². The second-order valence-electron chi connectivity index (χ2n) is 5.05. The van der Waals surface area contributed by atoms with Crippen molar-refractivity contribution in [2.24, 2.45) is 0 Å². The molecule has 3 N–H and O–H groups in total. The van der Waals surface area contributed by atoms with Gasteiger partial charge in [0.25, 0.3) is 0 Å². The fourth-order valence-electron chi connectivity index (χ4n) is 2.19. The van der Waals surface area contributed by atoms with Crippen molar-refractivity contribution in [1.29, 1.82) is 0 Å². The molecule has 1 unspecified atom stereocenters. The summed E-state index contributed by atoms with van der Waals surface area (Å²) >= 11 is 1.96. The second-order valence-corrected chi connectivity index (χ2v) is 6.74. The number of nitrogen functional groups attached to an aromatic ring is 1. The van der Waals surface area contributed by atoms with E-state index in [1.807, 2.05) is 36.0 Å². The maximum absolute atomic E-state index is 11.9. The van der Waals surface area contributed by atoms with Crippen LogP contribution in [0, 0.1) is 0 Å². The van der Waals surface area contributed by atoms with Crippen LogP contribution < -0.4 is 11.1 Å². The number of rotatable bonds is 4. The number of amides is 1. The lowest BCUT2D eigenvalue weighted by molar-refractivity contribution is -0.120. The summed E-state index contributed by atoms with van der Waals surface area (Å²) < 4.78 is 0.220. The summed E-state index contributed by atoms with van der Waals surface area (Å²) in [4.78, 5) is 11.9. The minimum atomic E-state index is 0.0571. The minimum absolute atomic E-state index is 0.0571.